The molecular weight excluding hydrogens is 114 g/mol. The number of hydrogen-bond acceptors (Lipinski definition) is 2. The van der Waals surface area contributed by atoms with Crippen molar-refractivity contribution in [1.29, 1.82) is 0 Å². The topological polar surface area (TPSA) is 21.6 Å². The van der Waals surface area contributed by atoms with Crippen molar-refractivity contribution in [2.75, 3.05) is 7.11 Å². The number of hydrogen-bond donors (Lipinski definition) is 0. The zero-order chi connectivity index (χ0) is 6.69. The lowest BCUT2D eigenvalue weighted by molar-refractivity contribution is 0.389. The summed E-state index contributed by atoms with van der Waals surface area (Å²) in [6, 6.07) is 0.300. The number of ether oxygens (including phenoxy) is 1. The lowest BCUT2D eigenvalue weighted by Gasteiger charge is -2.09. The SMILES string of the molecule is COC1=NC(C)C=CC1. The minimum Gasteiger partial charge on any atom is -0.484 e. The summed E-state index contributed by atoms with van der Waals surface area (Å²) in [4.78, 5) is 4.21. The molecule has 0 bridgehead atoms. The first kappa shape index (κ1) is 6.33. The Hall–Kier alpha value is -0.790. The highest BCUT2D eigenvalue weighted by Crippen LogP contribution is 2.04. The highest BCUT2D eigenvalue weighted by molar-refractivity contribution is 5.78. The highest BCUT2D eigenvalue weighted by Gasteiger charge is 2.03. The highest BCUT2D eigenvalue weighted by atomic mass is 16.5. The summed E-state index contributed by atoms with van der Waals surface area (Å²) in [7, 11) is 1.66. The van der Waals surface area contributed by atoms with Crippen LogP contribution in [0.1, 0.15) is 13.3 Å². The smallest absolute Gasteiger partial charge is 0.187 e. The predicted octanol–water partition coefficient (Wildman–Crippen LogP) is 1.38. The largest absolute Gasteiger partial charge is 0.484 e. The molecule has 1 aliphatic heterocycles. The van der Waals surface area contributed by atoms with E-state index < -0.39 is 0 Å². The molecule has 1 aliphatic rings. The maximum Gasteiger partial charge on any atom is 0.187 e. The van der Waals surface area contributed by atoms with Crippen LogP contribution in [0.5, 0.6) is 0 Å². The molecule has 1 heterocycles. The van der Waals surface area contributed by atoms with Crippen LogP contribution in [0.25, 0.3) is 0 Å². The van der Waals surface area contributed by atoms with E-state index in [9.17, 15) is 0 Å². The molecule has 2 nitrogen and oxygen atoms in total. The second-order valence-corrected chi connectivity index (χ2v) is 2.10. The van der Waals surface area contributed by atoms with E-state index in [-0.39, 0.29) is 0 Å². The van der Waals surface area contributed by atoms with Gasteiger partial charge in [0.25, 0.3) is 0 Å². The van der Waals surface area contributed by atoms with Gasteiger partial charge in [0, 0.05) is 6.42 Å². The van der Waals surface area contributed by atoms with Gasteiger partial charge in [-0.25, -0.2) is 4.99 Å². The molecule has 0 saturated heterocycles. The fourth-order valence-corrected chi connectivity index (χ4v) is 0.825. The second kappa shape index (κ2) is 2.67. The van der Waals surface area contributed by atoms with Crippen molar-refractivity contribution in [3.63, 3.8) is 0 Å². The molecule has 0 saturated carbocycles. The van der Waals surface area contributed by atoms with Crippen LogP contribution < -0.4 is 0 Å². The van der Waals surface area contributed by atoms with Crippen molar-refractivity contribution in [2.24, 2.45) is 4.99 Å². The number of methoxy groups -OCH3 is 1. The minimum absolute atomic E-state index is 0.300. The van der Waals surface area contributed by atoms with Crippen molar-refractivity contribution >= 4 is 5.90 Å². The van der Waals surface area contributed by atoms with E-state index in [2.05, 4.69) is 17.1 Å². The molecular formula is C7H11NO. The van der Waals surface area contributed by atoms with E-state index in [1.54, 1.807) is 7.11 Å². The van der Waals surface area contributed by atoms with Crippen molar-refractivity contribution in [3.05, 3.63) is 12.2 Å². The zero-order valence-corrected chi connectivity index (χ0v) is 5.79. The van der Waals surface area contributed by atoms with Crippen molar-refractivity contribution in [2.45, 2.75) is 19.4 Å². The molecule has 50 valence electrons. The molecule has 0 spiro atoms. The van der Waals surface area contributed by atoms with E-state index in [1.165, 1.54) is 0 Å². The van der Waals surface area contributed by atoms with Crippen molar-refractivity contribution in [1.82, 2.24) is 0 Å². The fraction of sp³-hybridized carbons (Fsp3) is 0.571. The average molecular weight is 125 g/mol. The van der Waals surface area contributed by atoms with Crippen LogP contribution in [0.4, 0.5) is 0 Å². The Kier molecular flexibility index (Phi) is 1.88. The number of aliphatic imine (C=N–C) groups is 1. The maximum absolute atomic E-state index is 4.96. The molecule has 0 radical (unpaired) electrons. The Morgan fingerprint density at radius 2 is 2.56 bits per heavy atom. The predicted molar refractivity (Wildman–Crippen MR) is 37.7 cm³/mol. The van der Waals surface area contributed by atoms with E-state index in [0.29, 0.717) is 6.04 Å². The minimum atomic E-state index is 0.300. The van der Waals surface area contributed by atoms with E-state index in [4.69, 9.17) is 4.74 Å². The molecule has 0 aromatic heterocycles. The molecule has 0 N–H and O–H groups in total. The Morgan fingerprint density at radius 1 is 1.78 bits per heavy atom. The summed E-state index contributed by atoms with van der Waals surface area (Å²) in [5.74, 6) is 0.838. The monoisotopic (exact) mass is 125 g/mol. The molecule has 0 aliphatic carbocycles. The standard InChI is InChI=1S/C7H11NO/c1-6-4-3-5-7(8-6)9-2/h3-4,6H,5H2,1-2H3. The van der Waals surface area contributed by atoms with Gasteiger partial charge >= 0.3 is 0 Å². The van der Waals surface area contributed by atoms with Gasteiger partial charge in [-0.1, -0.05) is 12.2 Å². The quantitative estimate of drug-likeness (QED) is 0.448. The number of rotatable bonds is 0. The molecule has 0 amide bonds. The molecule has 1 rings (SSSR count). The molecule has 0 fully saturated rings. The van der Waals surface area contributed by atoms with Gasteiger partial charge in [0.05, 0.1) is 13.2 Å². The van der Waals surface area contributed by atoms with Gasteiger partial charge in [-0.05, 0) is 6.92 Å². The lowest BCUT2D eigenvalue weighted by atomic mass is 10.2. The summed E-state index contributed by atoms with van der Waals surface area (Å²) in [5, 5.41) is 0. The summed E-state index contributed by atoms with van der Waals surface area (Å²) >= 11 is 0. The number of nitrogens with zero attached hydrogens (tertiary/aromatic N) is 1. The fourth-order valence-electron chi connectivity index (χ4n) is 0.825. The normalized spacial score (nSPS) is 25.6. The first-order chi connectivity index (χ1) is 4.33. The third-order valence-electron chi connectivity index (χ3n) is 1.29. The summed E-state index contributed by atoms with van der Waals surface area (Å²) in [6.07, 6.45) is 5.00. The Balaban J connectivity index is 2.55. The Morgan fingerprint density at radius 3 is 3.00 bits per heavy atom. The van der Waals surface area contributed by atoms with Crippen LogP contribution in [-0.2, 0) is 4.74 Å². The number of dihydropyridines is 1. The van der Waals surface area contributed by atoms with Crippen LogP contribution in [0, 0.1) is 0 Å². The first-order valence-electron chi connectivity index (χ1n) is 3.10. The third kappa shape index (κ3) is 1.56. The molecule has 9 heavy (non-hydrogen) atoms. The molecule has 0 aromatic rings. The maximum atomic E-state index is 4.96. The molecule has 2 heteroatoms. The van der Waals surface area contributed by atoms with Gasteiger partial charge in [-0.3, -0.25) is 0 Å². The van der Waals surface area contributed by atoms with Crippen LogP contribution >= 0.6 is 0 Å². The molecule has 1 atom stereocenters. The Labute approximate surface area is 55.2 Å². The lowest BCUT2D eigenvalue weighted by Crippen LogP contribution is -2.08. The summed E-state index contributed by atoms with van der Waals surface area (Å²) in [5.41, 5.74) is 0. The van der Waals surface area contributed by atoms with Crippen LogP contribution in [0.15, 0.2) is 17.1 Å². The van der Waals surface area contributed by atoms with Crippen LogP contribution in [0.3, 0.4) is 0 Å². The molecule has 1 unspecified atom stereocenters. The van der Waals surface area contributed by atoms with Gasteiger partial charge in [-0.2, -0.15) is 0 Å². The van der Waals surface area contributed by atoms with E-state index in [0.717, 1.165) is 12.3 Å². The van der Waals surface area contributed by atoms with Gasteiger partial charge in [-0.15, -0.1) is 0 Å². The van der Waals surface area contributed by atoms with Crippen LogP contribution in [-0.4, -0.2) is 19.0 Å². The second-order valence-electron chi connectivity index (χ2n) is 2.10. The van der Waals surface area contributed by atoms with Gasteiger partial charge < -0.3 is 4.74 Å². The average Bonchev–Trinajstić information content (AvgIpc) is 1.88. The Bertz CT molecular complexity index is 149. The van der Waals surface area contributed by atoms with Gasteiger partial charge in [0.2, 0.25) is 0 Å². The summed E-state index contributed by atoms with van der Waals surface area (Å²) in [6.45, 7) is 2.04. The van der Waals surface area contributed by atoms with Gasteiger partial charge in [0.15, 0.2) is 5.90 Å². The van der Waals surface area contributed by atoms with Crippen molar-refractivity contribution < 1.29 is 4.74 Å². The molecule has 0 aromatic carbocycles. The summed E-state index contributed by atoms with van der Waals surface area (Å²) < 4.78 is 4.96. The van der Waals surface area contributed by atoms with Crippen molar-refractivity contribution in [3.8, 4) is 0 Å². The zero-order valence-electron chi connectivity index (χ0n) is 5.79. The van der Waals surface area contributed by atoms with Gasteiger partial charge in [0.1, 0.15) is 0 Å². The first-order valence-corrected chi connectivity index (χ1v) is 3.10. The van der Waals surface area contributed by atoms with Crippen LogP contribution in [0.2, 0.25) is 0 Å². The van der Waals surface area contributed by atoms with E-state index >= 15 is 0 Å². The van der Waals surface area contributed by atoms with E-state index in [1.807, 2.05) is 6.92 Å². The third-order valence-corrected chi connectivity index (χ3v) is 1.29.